The van der Waals surface area contributed by atoms with E-state index in [1.54, 1.807) is 6.92 Å². The summed E-state index contributed by atoms with van der Waals surface area (Å²) in [5.74, 6) is -4.49. The molecule has 0 bridgehead atoms. The Morgan fingerprint density at radius 3 is 2.79 bits per heavy atom. The van der Waals surface area contributed by atoms with Crippen LogP contribution in [0, 0.1) is 6.92 Å². The maximum Gasteiger partial charge on any atom is 0.330 e. The first-order valence-electron chi connectivity index (χ1n) is 7.18. The van der Waals surface area contributed by atoms with Gasteiger partial charge < -0.3 is 15.0 Å². The highest BCUT2D eigenvalue weighted by molar-refractivity contribution is 5.78. The Bertz CT molecular complexity index is 718. The number of alkyl halides is 4. The monoisotopic (exact) mass is 347 g/mol. The van der Waals surface area contributed by atoms with Gasteiger partial charge in [0.2, 0.25) is 5.91 Å². The standard InChI is InChI=1S/C15H17F4N3O2/c1-8-3-4-10-11(5-8)22-13(21-10)9(2)20-12(23)6-24-7-15(18,19)14(16)17/h3-5,9,14H,6-7H2,1-2H3,(H,20,23)(H,21,22)/t9-/m0/s1. The molecule has 0 saturated heterocycles. The summed E-state index contributed by atoms with van der Waals surface area (Å²) in [6, 6.07) is 5.10. The second-order valence-corrected chi connectivity index (χ2v) is 5.49. The van der Waals surface area contributed by atoms with E-state index in [4.69, 9.17) is 0 Å². The molecule has 0 aliphatic carbocycles. The summed E-state index contributed by atoms with van der Waals surface area (Å²) in [5, 5.41) is 2.50. The van der Waals surface area contributed by atoms with E-state index in [-0.39, 0.29) is 0 Å². The molecule has 24 heavy (non-hydrogen) atoms. The maximum atomic E-state index is 12.7. The zero-order chi connectivity index (χ0) is 17.9. The molecular formula is C15H17F4N3O2. The van der Waals surface area contributed by atoms with Gasteiger partial charge >= 0.3 is 12.3 Å². The van der Waals surface area contributed by atoms with Crippen LogP contribution in [0.25, 0.3) is 11.0 Å². The molecule has 132 valence electrons. The lowest BCUT2D eigenvalue weighted by atomic mass is 10.2. The van der Waals surface area contributed by atoms with Gasteiger partial charge in [-0.25, -0.2) is 13.8 Å². The summed E-state index contributed by atoms with van der Waals surface area (Å²) in [4.78, 5) is 19.0. The zero-order valence-electron chi connectivity index (χ0n) is 13.1. The van der Waals surface area contributed by atoms with Gasteiger partial charge in [-0.1, -0.05) is 6.07 Å². The number of hydrogen-bond acceptors (Lipinski definition) is 3. The van der Waals surface area contributed by atoms with Crippen molar-refractivity contribution in [2.45, 2.75) is 32.2 Å². The van der Waals surface area contributed by atoms with Crippen molar-refractivity contribution in [3.05, 3.63) is 29.6 Å². The first-order chi connectivity index (χ1) is 11.2. The SMILES string of the molecule is Cc1ccc2nc([C@H](C)NC(=O)COCC(F)(F)C(F)F)[nH]c2c1. The summed E-state index contributed by atoms with van der Waals surface area (Å²) in [5.41, 5.74) is 2.58. The van der Waals surface area contributed by atoms with Crippen molar-refractivity contribution in [3.63, 3.8) is 0 Å². The lowest BCUT2D eigenvalue weighted by Crippen LogP contribution is -2.36. The van der Waals surface area contributed by atoms with Gasteiger partial charge in [0.1, 0.15) is 19.0 Å². The van der Waals surface area contributed by atoms with Gasteiger partial charge in [0, 0.05) is 0 Å². The van der Waals surface area contributed by atoms with E-state index >= 15 is 0 Å². The van der Waals surface area contributed by atoms with Gasteiger partial charge in [-0.3, -0.25) is 4.79 Å². The molecule has 0 saturated carbocycles. The molecule has 0 spiro atoms. The molecule has 9 heteroatoms. The fourth-order valence-electron chi connectivity index (χ4n) is 2.04. The number of nitrogens with zero attached hydrogens (tertiary/aromatic N) is 1. The van der Waals surface area contributed by atoms with Crippen molar-refractivity contribution >= 4 is 16.9 Å². The van der Waals surface area contributed by atoms with Crippen molar-refractivity contribution in [1.29, 1.82) is 0 Å². The Labute approximate surface area is 135 Å². The predicted molar refractivity (Wildman–Crippen MR) is 79.2 cm³/mol. The number of carbonyl (C=O) groups is 1. The molecule has 0 fully saturated rings. The predicted octanol–water partition coefficient (Wildman–Crippen LogP) is 2.97. The number of halogens is 4. The molecule has 1 atom stereocenters. The van der Waals surface area contributed by atoms with Gasteiger partial charge in [0.15, 0.2) is 0 Å². The molecule has 0 aliphatic rings. The van der Waals surface area contributed by atoms with Crippen LogP contribution >= 0.6 is 0 Å². The number of H-pyrrole nitrogens is 1. The Kier molecular flexibility index (Phi) is 5.43. The highest BCUT2D eigenvalue weighted by atomic mass is 19.3. The van der Waals surface area contributed by atoms with Crippen molar-refractivity contribution in [3.8, 4) is 0 Å². The van der Waals surface area contributed by atoms with E-state index in [9.17, 15) is 22.4 Å². The molecule has 2 N–H and O–H groups in total. The minimum Gasteiger partial charge on any atom is -0.365 e. The maximum absolute atomic E-state index is 12.7. The van der Waals surface area contributed by atoms with Crippen molar-refractivity contribution < 1.29 is 27.1 Å². The highest BCUT2D eigenvalue weighted by Gasteiger charge is 2.41. The van der Waals surface area contributed by atoms with Gasteiger partial charge in [0.25, 0.3) is 0 Å². The molecule has 5 nitrogen and oxygen atoms in total. The van der Waals surface area contributed by atoms with Crippen LogP contribution < -0.4 is 5.32 Å². The Hall–Kier alpha value is -2.16. The number of benzene rings is 1. The van der Waals surface area contributed by atoms with E-state index in [0.717, 1.165) is 16.6 Å². The minimum atomic E-state index is -4.28. The number of aromatic nitrogens is 2. The number of hydrogen-bond donors (Lipinski definition) is 2. The molecule has 1 aromatic carbocycles. The fraction of sp³-hybridized carbons (Fsp3) is 0.467. The Morgan fingerprint density at radius 1 is 1.42 bits per heavy atom. The third-order valence-electron chi connectivity index (χ3n) is 3.29. The Balaban J connectivity index is 1.88. The van der Waals surface area contributed by atoms with E-state index < -0.39 is 37.5 Å². The van der Waals surface area contributed by atoms with E-state index in [2.05, 4.69) is 20.0 Å². The van der Waals surface area contributed by atoms with Crippen LogP contribution in [0.2, 0.25) is 0 Å². The molecule has 2 rings (SSSR count). The first kappa shape index (κ1) is 18.2. The number of nitrogens with one attached hydrogen (secondary N) is 2. The number of fused-ring (bicyclic) bond motifs is 1. The average molecular weight is 347 g/mol. The minimum absolute atomic E-state index is 0.488. The first-order valence-corrected chi connectivity index (χ1v) is 7.18. The normalized spacial score (nSPS) is 13.5. The van der Waals surface area contributed by atoms with Crippen LogP contribution in [0.5, 0.6) is 0 Å². The lowest BCUT2D eigenvalue weighted by molar-refractivity contribution is -0.168. The molecule has 1 heterocycles. The van der Waals surface area contributed by atoms with Crippen LogP contribution in [0.3, 0.4) is 0 Å². The van der Waals surface area contributed by atoms with E-state index in [0.29, 0.717) is 5.82 Å². The van der Waals surface area contributed by atoms with Gasteiger partial charge in [-0.2, -0.15) is 8.78 Å². The number of aromatic amines is 1. The van der Waals surface area contributed by atoms with Gasteiger partial charge in [-0.15, -0.1) is 0 Å². The number of carbonyl (C=O) groups excluding carboxylic acids is 1. The summed E-state index contributed by atoms with van der Waals surface area (Å²) >= 11 is 0. The van der Waals surface area contributed by atoms with Crippen molar-refractivity contribution in [1.82, 2.24) is 15.3 Å². The second kappa shape index (κ2) is 7.16. The summed E-state index contributed by atoms with van der Waals surface area (Å²) < 4.78 is 53.6. The van der Waals surface area contributed by atoms with Crippen LogP contribution in [-0.4, -0.2) is 41.4 Å². The molecular weight excluding hydrogens is 330 g/mol. The number of rotatable bonds is 7. The summed E-state index contributed by atoms with van der Waals surface area (Å²) in [6.07, 6.45) is -3.83. The van der Waals surface area contributed by atoms with Crippen LogP contribution in [0.15, 0.2) is 18.2 Å². The molecule has 0 unspecified atom stereocenters. The van der Waals surface area contributed by atoms with Crippen LogP contribution in [0.4, 0.5) is 17.6 Å². The summed E-state index contributed by atoms with van der Waals surface area (Å²) in [7, 11) is 0. The largest absolute Gasteiger partial charge is 0.365 e. The fourth-order valence-corrected chi connectivity index (χ4v) is 2.04. The third kappa shape index (κ3) is 4.44. The Morgan fingerprint density at radius 2 is 2.12 bits per heavy atom. The van der Waals surface area contributed by atoms with Gasteiger partial charge in [-0.05, 0) is 31.5 Å². The topological polar surface area (TPSA) is 67.0 Å². The van der Waals surface area contributed by atoms with Gasteiger partial charge in [0.05, 0.1) is 17.1 Å². The number of imidazole rings is 1. The number of amides is 1. The molecule has 1 amide bonds. The summed E-state index contributed by atoms with van der Waals surface area (Å²) in [6.45, 7) is 1.32. The quantitative estimate of drug-likeness (QED) is 0.757. The lowest BCUT2D eigenvalue weighted by Gasteiger charge is -2.16. The average Bonchev–Trinajstić information content (AvgIpc) is 2.89. The second-order valence-electron chi connectivity index (χ2n) is 5.49. The van der Waals surface area contributed by atoms with Crippen molar-refractivity contribution in [2.75, 3.05) is 13.2 Å². The van der Waals surface area contributed by atoms with E-state index in [1.165, 1.54) is 0 Å². The zero-order valence-corrected chi connectivity index (χ0v) is 13.1. The highest BCUT2D eigenvalue weighted by Crippen LogP contribution is 2.22. The van der Waals surface area contributed by atoms with Crippen LogP contribution in [-0.2, 0) is 9.53 Å². The molecule has 1 aromatic heterocycles. The number of aryl methyl sites for hydroxylation is 1. The van der Waals surface area contributed by atoms with E-state index in [1.807, 2.05) is 25.1 Å². The third-order valence-corrected chi connectivity index (χ3v) is 3.29. The van der Waals surface area contributed by atoms with Crippen molar-refractivity contribution in [2.24, 2.45) is 0 Å². The molecule has 0 radical (unpaired) electrons. The number of ether oxygens (including phenoxy) is 1. The molecule has 0 aliphatic heterocycles. The molecule has 2 aromatic rings. The smallest absolute Gasteiger partial charge is 0.330 e. The van der Waals surface area contributed by atoms with Crippen LogP contribution in [0.1, 0.15) is 24.4 Å².